The molecule has 162 valence electrons. The van der Waals surface area contributed by atoms with Crippen LogP contribution in [0.3, 0.4) is 0 Å². The molecule has 0 aromatic heterocycles. The number of rotatable bonds is 7. The Hall–Kier alpha value is -2.30. The molecule has 2 aromatic rings. The van der Waals surface area contributed by atoms with E-state index >= 15 is 0 Å². The maximum Gasteiger partial charge on any atom is 0.363 e. The van der Waals surface area contributed by atoms with E-state index in [1.165, 1.54) is 13.2 Å². The Bertz CT molecular complexity index is 1100. The number of cyclic esters (lactones) is 1. The zero-order valence-corrected chi connectivity index (χ0v) is 20.1. The number of carbonyl (C=O) groups is 2. The van der Waals surface area contributed by atoms with Crippen LogP contribution in [0.1, 0.15) is 18.1 Å². The third-order valence-electron chi connectivity index (χ3n) is 3.98. The van der Waals surface area contributed by atoms with Crippen molar-refractivity contribution in [2.75, 3.05) is 20.3 Å². The molecule has 0 aliphatic carbocycles. The smallest absolute Gasteiger partial charge is 0.363 e. The van der Waals surface area contributed by atoms with Gasteiger partial charge in [-0.3, -0.25) is 0 Å². The van der Waals surface area contributed by atoms with Crippen molar-refractivity contribution in [1.82, 2.24) is 0 Å². The van der Waals surface area contributed by atoms with E-state index in [9.17, 15) is 9.59 Å². The summed E-state index contributed by atoms with van der Waals surface area (Å²) in [5, 5.41) is 0.611. The molecule has 10 heteroatoms. The summed E-state index contributed by atoms with van der Waals surface area (Å²) in [4.78, 5) is 28.0. The van der Waals surface area contributed by atoms with E-state index in [0.29, 0.717) is 28.5 Å². The monoisotopic (exact) mass is 575 g/mol. The normalized spacial score (nSPS) is 14.3. The van der Waals surface area contributed by atoms with Gasteiger partial charge in [0.2, 0.25) is 5.90 Å². The minimum Gasteiger partial charge on any atom is -0.490 e. The minimum absolute atomic E-state index is 0.0756. The number of hydrogen-bond donors (Lipinski definition) is 0. The lowest BCUT2D eigenvalue weighted by Crippen LogP contribution is -2.13. The molecular weight excluding hydrogens is 560 g/mol. The number of esters is 2. The molecule has 1 aliphatic heterocycles. The van der Waals surface area contributed by atoms with Crippen LogP contribution in [-0.4, -0.2) is 38.2 Å². The Morgan fingerprint density at radius 1 is 1.19 bits per heavy atom. The van der Waals surface area contributed by atoms with Crippen molar-refractivity contribution in [1.29, 1.82) is 0 Å². The van der Waals surface area contributed by atoms with Crippen molar-refractivity contribution >= 4 is 69.7 Å². The second-order valence-corrected chi connectivity index (χ2v) is 8.15. The zero-order chi connectivity index (χ0) is 22.5. The van der Waals surface area contributed by atoms with Gasteiger partial charge in [-0.2, -0.15) is 0 Å². The van der Waals surface area contributed by atoms with Crippen LogP contribution in [0, 0.1) is 3.57 Å². The van der Waals surface area contributed by atoms with Crippen LogP contribution in [0.15, 0.2) is 41.0 Å². The fraction of sp³-hybridized carbons (Fsp3) is 0.190. The number of ether oxygens (including phenoxy) is 4. The van der Waals surface area contributed by atoms with Gasteiger partial charge in [0.05, 0.1) is 29.3 Å². The Morgan fingerprint density at radius 3 is 2.68 bits per heavy atom. The Balaban J connectivity index is 1.95. The molecule has 1 aliphatic rings. The summed E-state index contributed by atoms with van der Waals surface area (Å²) >= 11 is 14.7. The number of halogens is 3. The van der Waals surface area contributed by atoms with E-state index in [2.05, 4.69) is 32.3 Å². The molecule has 1 heterocycles. The number of benzene rings is 2. The summed E-state index contributed by atoms with van der Waals surface area (Å²) < 4.78 is 21.8. The summed E-state index contributed by atoms with van der Waals surface area (Å²) in [6.07, 6.45) is 1.51. The summed E-state index contributed by atoms with van der Waals surface area (Å²) in [6, 6.07) is 8.49. The molecule has 0 spiro atoms. The van der Waals surface area contributed by atoms with Crippen molar-refractivity contribution in [2.24, 2.45) is 4.99 Å². The third-order valence-corrected chi connectivity index (χ3v) is 5.26. The number of methoxy groups -OCH3 is 1. The molecule has 0 saturated carbocycles. The zero-order valence-electron chi connectivity index (χ0n) is 16.4. The molecule has 31 heavy (non-hydrogen) atoms. The summed E-state index contributed by atoms with van der Waals surface area (Å²) in [7, 11) is 1.25. The average Bonchev–Trinajstić information content (AvgIpc) is 3.09. The maximum atomic E-state index is 12.3. The van der Waals surface area contributed by atoms with Gasteiger partial charge in [0.25, 0.3) is 0 Å². The van der Waals surface area contributed by atoms with E-state index in [1.807, 2.05) is 6.07 Å². The van der Waals surface area contributed by atoms with Gasteiger partial charge in [0.15, 0.2) is 23.8 Å². The molecule has 0 unspecified atom stereocenters. The maximum absolute atomic E-state index is 12.3. The first-order valence-electron chi connectivity index (χ1n) is 8.96. The lowest BCUT2D eigenvalue weighted by atomic mass is 10.1. The molecule has 7 nitrogen and oxygen atoms in total. The van der Waals surface area contributed by atoms with E-state index < -0.39 is 11.9 Å². The predicted molar refractivity (Wildman–Crippen MR) is 125 cm³/mol. The number of aliphatic imine (C=N–C) groups is 1. The van der Waals surface area contributed by atoms with Crippen molar-refractivity contribution in [2.45, 2.75) is 6.92 Å². The number of nitrogens with zero attached hydrogens (tertiary/aromatic N) is 1. The SMILES string of the molecule is CCOc1cc(/C=C2\N=C(c3cc(I)ccc3Cl)OC2=O)cc(Cl)c1OCC(=O)OC. The van der Waals surface area contributed by atoms with Gasteiger partial charge in [-0.25, -0.2) is 14.6 Å². The van der Waals surface area contributed by atoms with Crippen molar-refractivity contribution in [3.63, 3.8) is 0 Å². The Kier molecular flexibility index (Phi) is 7.79. The van der Waals surface area contributed by atoms with Crippen LogP contribution in [-0.2, 0) is 19.1 Å². The van der Waals surface area contributed by atoms with Crippen molar-refractivity contribution in [3.8, 4) is 11.5 Å². The van der Waals surface area contributed by atoms with Gasteiger partial charge in [0, 0.05) is 3.57 Å². The van der Waals surface area contributed by atoms with Crippen LogP contribution >= 0.6 is 45.8 Å². The minimum atomic E-state index is -0.620. The Morgan fingerprint density at radius 2 is 1.97 bits per heavy atom. The third kappa shape index (κ3) is 5.69. The van der Waals surface area contributed by atoms with Crippen LogP contribution in [0.2, 0.25) is 10.0 Å². The lowest BCUT2D eigenvalue weighted by Gasteiger charge is -2.13. The average molecular weight is 576 g/mol. The van der Waals surface area contributed by atoms with Crippen LogP contribution in [0.25, 0.3) is 6.08 Å². The highest BCUT2D eigenvalue weighted by atomic mass is 127. The molecule has 0 N–H and O–H groups in total. The van der Waals surface area contributed by atoms with E-state index in [-0.39, 0.29) is 29.0 Å². The van der Waals surface area contributed by atoms with Crippen LogP contribution in [0.4, 0.5) is 0 Å². The number of carbonyl (C=O) groups excluding carboxylic acids is 2. The molecule has 2 aromatic carbocycles. The number of hydrogen-bond acceptors (Lipinski definition) is 7. The highest BCUT2D eigenvalue weighted by Gasteiger charge is 2.26. The van der Waals surface area contributed by atoms with Gasteiger partial charge in [0.1, 0.15) is 0 Å². The van der Waals surface area contributed by atoms with Crippen LogP contribution < -0.4 is 9.47 Å². The van der Waals surface area contributed by atoms with Crippen molar-refractivity contribution < 1.29 is 28.5 Å². The molecule has 0 amide bonds. The highest BCUT2D eigenvalue weighted by Crippen LogP contribution is 2.37. The van der Waals surface area contributed by atoms with Gasteiger partial charge in [-0.15, -0.1) is 0 Å². The molecular formula is C21H16Cl2INO6. The topological polar surface area (TPSA) is 83.4 Å². The molecule has 0 saturated heterocycles. The van der Waals surface area contributed by atoms with Gasteiger partial charge in [-0.1, -0.05) is 23.2 Å². The Labute approximate surface area is 202 Å². The molecule has 0 atom stereocenters. The largest absolute Gasteiger partial charge is 0.490 e. The fourth-order valence-electron chi connectivity index (χ4n) is 2.61. The second kappa shape index (κ2) is 10.3. The standard InChI is InChI=1S/C21H16Cl2INO6/c1-3-29-17-8-11(6-15(23)19(17)30-10-18(26)28-2)7-16-21(27)31-20(25-16)13-9-12(24)4-5-14(13)22/h4-9H,3,10H2,1-2H3/b16-7-. The lowest BCUT2D eigenvalue weighted by molar-refractivity contribution is -0.143. The molecule has 0 bridgehead atoms. The summed E-state index contributed by atoms with van der Waals surface area (Å²) in [5.74, 6) is -0.560. The fourth-order valence-corrected chi connectivity index (χ4v) is 3.57. The first-order chi connectivity index (χ1) is 14.8. The van der Waals surface area contributed by atoms with E-state index in [1.54, 1.807) is 31.2 Å². The predicted octanol–water partition coefficient (Wildman–Crippen LogP) is 4.89. The molecule has 3 rings (SSSR count). The molecule has 0 radical (unpaired) electrons. The molecule has 0 fully saturated rings. The summed E-state index contributed by atoms with van der Waals surface area (Å²) in [6.45, 7) is 1.80. The highest BCUT2D eigenvalue weighted by molar-refractivity contribution is 14.1. The van der Waals surface area contributed by atoms with Crippen LogP contribution in [0.5, 0.6) is 11.5 Å². The van der Waals surface area contributed by atoms with Crippen molar-refractivity contribution in [3.05, 3.63) is 60.8 Å². The first kappa shape index (κ1) is 23.4. The van der Waals surface area contributed by atoms with E-state index in [4.69, 9.17) is 37.4 Å². The first-order valence-corrected chi connectivity index (χ1v) is 10.8. The van der Waals surface area contributed by atoms with E-state index in [0.717, 1.165) is 3.57 Å². The summed E-state index contributed by atoms with van der Waals surface area (Å²) in [5.41, 5.74) is 1.13. The van der Waals surface area contributed by atoms with Gasteiger partial charge in [-0.05, 0) is 71.5 Å². The van der Waals surface area contributed by atoms with Gasteiger partial charge < -0.3 is 18.9 Å². The van der Waals surface area contributed by atoms with Gasteiger partial charge >= 0.3 is 11.9 Å². The quantitative estimate of drug-likeness (QED) is 0.265. The second-order valence-electron chi connectivity index (χ2n) is 6.09.